The average molecular weight is 400 g/mol. The van der Waals surface area contributed by atoms with E-state index in [0.717, 1.165) is 18.2 Å². The molecule has 0 radical (unpaired) electrons. The highest BCUT2D eigenvalue weighted by Gasteiger charge is 2.23. The number of nitrogens with zero attached hydrogens (tertiary/aromatic N) is 1. The topological polar surface area (TPSA) is 95.7 Å². The van der Waals surface area contributed by atoms with Crippen molar-refractivity contribution in [2.45, 2.75) is 19.6 Å². The fourth-order valence-electron chi connectivity index (χ4n) is 2.10. The van der Waals surface area contributed by atoms with Gasteiger partial charge in [0.1, 0.15) is 5.75 Å². The molecule has 2 aromatic rings. The summed E-state index contributed by atoms with van der Waals surface area (Å²) in [5.74, 6) is -1.64. The molecule has 0 saturated heterocycles. The molecule has 0 N–H and O–H groups in total. The Morgan fingerprint density at radius 3 is 2.30 bits per heavy atom. The minimum atomic E-state index is -2.99. The van der Waals surface area contributed by atoms with Gasteiger partial charge in [0.2, 0.25) is 5.78 Å². The first-order valence-electron chi connectivity index (χ1n) is 7.43. The van der Waals surface area contributed by atoms with Crippen molar-refractivity contribution in [2.24, 2.45) is 0 Å². The second-order valence-electron chi connectivity index (χ2n) is 5.24. The van der Waals surface area contributed by atoms with Crippen LogP contribution in [0.2, 0.25) is 5.02 Å². The molecule has 0 aromatic heterocycles. The Morgan fingerprint density at radius 2 is 1.78 bits per heavy atom. The number of nitro benzene ring substituents is 1. The molecule has 7 nitrogen and oxygen atoms in total. The Balaban J connectivity index is 2.07. The predicted octanol–water partition coefficient (Wildman–Crippen LogP) is 4.28. The molecule has 0 aliphatic carbocycles. The first kappa shape index (κ1) is 20.2. The lowest BCUT2D eigenvalue weighted by Gasteiger charge is -2.13. The maximum Gasteiger partial charge on any atom is 0.387 e. The maximum atomic E-state index is 12.3. The van der Waals surface area contributed by atoms with Gasteiger partial charge in [0, 0.05) is 17.7 Å². The zero-order chi connectivity index (χ0) is 20.1. The number of Topliss-reactive ketones (excluding diaryl/α,β-unsaturated/α-hetero) is 1. The molecule has 2 aromatic carbocycles. The van der Waals surface area contributed by atoms with E-state index in [4.69, 9.17) is 16.3 Å². The number of halogens is 3. The number of ketones is 1. The van der Waals surface area contributed by atoms with E-state index in [0.29, 0.717) is 0 Å². The van der Waals surface area contributed by atoms with Gasteiger partial charge in [-0.3, -0.25) is 14.9 Å². The Bertz CT molecular complexity index is 872. The number of hydrogen-bond donors (Lipinski definition) is 0. The number of non-ortho nitro benzene ring substituents is 1. The lowest BCUT2D eigenvalue weighted by Crippen LogP contribution is -2.24. The summed E-state index contributed by atoms with van der Waals surface area (Å²) in [6, 6.07) is 8.06. The highest BCUT2D eigenvalue weighted by Crippen LogP contribution is 2.24. The van der Waals surface area contributed by atoms with Gasteiger partial charge in [-0.05, 0) is 37.3 Å². The van der Waals surface area contributed by atoms with Crippen LogP contribution in [-0.4, -0.2) is 29.4 Å². The van der Waals surface area contributed by atoms with Gasteiger partial charge in [-0.25, -0.2) is 4.79 Å². The van der Waals surface area contributed by atoms with Crippen molar-refractivity contribution in [1.82, 2.24) is 0 Å². The highest BCUT2D eigenvalue weighted by atomic mass is 35.5. The van der Waals surface area contributed by atoms with Crippen LogP contribution in [-0.2, 0) is 4.74 Å². The number of carbonyl (C=O) groups is 2. The van der Waals surface area contributed by atoms with Crippen LogP contribution in [0.25, 0.3) is 0 Å². The van der Waals surface area contributed by atoms with Crippen molar-refractivity contribution in [3.05, 3.63) is 68.7 Å². The Morgan fingerprint density at radius 1 is 1.15 bits per heavy atom. The second kappa shape index (κ2) is 8.54. The van der Waals surface area contributed by atoms with Crippen molar-refractivity contribution in [3.63, 3.8) is 0 Å². The summed E-state index contributed by atoms with van der Waals surface area (Å²) in [6.45, 7) is -1.67. The van der Waals surface area contributed by atoms with Gasteiger partial charge >= 0.3 is 12.6 Å². The zero-order valence-corrected chi connectivity index (χ0v) is 14.5. The van der Waals surface area contributed by atoms with Crippen LogP contribution in [0.5, 0.6) is 5.75 Å². The number of esters is 1. The van der Waals surface area contributed by atoms with Crippen LogP contribution < -0.4 is 4.74 Å². The SMILES string of the molecule is C[C@@H](OC(=O)c1ccc([N+](=O)[O-])cc1Cl)C(=O)c1ccc(OC(F)F)cc1. The van der Waals surface area contributed by atoms with Crippen molar-refractivity contribution >= 4 is 29.0 Å². The molecular weight excluding hydrogens is 388 g/mol. The lowest BCUT2D eigenvalue weighted by molar-refractivity contribution is -0.384. The third-order valence-corrected chi connectivity index (χ3v) is 3.71. The van der Waals surface area contributed by atoms with Crippen LogP contribution in [0, 0.1) is 10.1 Å². The van der Waals surface area contributed by atoms with Crippen LogP contribution in [0.3, 0.4) is 0 Å². The summed E-state index contributed by atoms with van der Waals surface area (Å²) >= 11 is 5.84. The molecule has 10 heteroatoms. The van der Waals surface area contributed by atoms with Gasteiger partial charge in [-0.15, -0.1) is 0 Å². The number of rotatable bonds is 7. The standard InChI is InChI=1S/C17H12ClF2NO6/c1-9(15(22)10-2-5-12(6-3-10)27-17(19)20)26-16(23)13-7-4-11(21(24)25)8-14(13)18/h2-9,17H,1H3/t9-/m1/s1. The highest BCUT2D eigenvalue weighted by molar-refractivity contribution is 6.33. The van der Waals surface area contributed by atoms with Crippen molar-refractivity contribution in [2.75, 3.05) is 0 Å². The number of ether oxygens (including phenoxy) is 2. The van der Waals surface area contributed by atoms with Gasteiger partial charge in [0.15, 0.2) is 6.10 Å². The average Bonchev–Trinajstić information content (AvgIpc) is 2.60. The fourth-order valence-corrected chi connectivity index (χ4v) is 2.35. The molecule has 0 aliphatic heterocycles. The summed E-state index contributed by atoms with van der Waals surface area (Å²) in [5, 5.41) is 10.5. The number of benzene rings is 2. The summed E-state index contributed by atoms with van der Waals surface area (Å²) < 4.78 is 33.5. The smallest absolute Gasteiger partial charge is 0.387 e. The van der Waals surface area contributed by atoms with Gasteiger partial charge in [-0.1, -0.05) is 11.6 Å². The van der Waals surface area contributed by atoms with Crippen LogP contribution in [0.1, 0.15) is 27.6 Å². The van der Waals surface area contributed by atoms with Gasteiger partial charge in [-0.2, -0.15) is 8.78 Å². The minimum absolute atomic E-state index is 0.117. The van der Waals surface area contributed by atoms with E-state index >= 15 is 0 Å². The summed E-state index contributed by atoms with van der Waals surface area (Å²) in [6.07, 6.45) is -1.20. The molecule has 1 atom stereocenters. The molecule has 0 spiro atoms. The molecular formula is C17H12ClF2NO6. The zero-order valence-electron chi connectivity index (χ0n) is 13.7. The second-order valence-corrected chi connectivity index (χ2v) is 5.64. The van der Waals surface area contributed by atoms with Gasteiger partial charge < -0.3 is 9.47 Å². The largest absolute Gasteiger partial charge is 0.451 e. The summed E-state index contributed by atoms with van der Waals surface area (Å²) in [5.41, 5.74) is -0.318. The van der Waals surface area contributed by atoms with Crippen molar-refractivity contribution in [1.29, 1.82) is 0 Å². The molecule has 0 heterocycles. The van der Waals surface area contributed by atoms with E-state index in [-0.39, 0.29) is 27.6 Å². The molecule has 0 aliphatic rings. The van der Waals surface area contributed by atoms with E-state index in [2.05, 4.69) is 4.74 Å². The summed E-state index contributed by atoms with van der Waals surface area (Å²) in [4.78, 5) is 34.4. The summed E-state index contributed by atoms with van der Waals surface area (Å²) in [7, 11) is 0. The third-order valence-electron chi connectivity index (χ3n) is 3.40. The molecule has 142 valence electrons. The minimum Gasteiger partial charge on any atom is -0.451 e. The number of hydrogen-bond acceptors (Lipinski definition) is 6. The van der Waals surface area contributed by atoms with Crippen LogP contribution in [0.4, 0.5) is 14.5 Å². The fraction of sp³-hybridized carbons (Fsp3) is 0.176. The lowest BCUT2D eigenvalue weighted by atomic mass is 10.1. The van der Waals surface area contributed by atoms with E-state index in [1.807, 2.05) is 0 Å². The van der Waals surface area contributed by atoms with Crippen molar-refractivity contribution in [3.8, 4) is 5.75 Å². The molecule has 0 bridgehead atoms. The van der Waals surface area contributed by atoms with Gasteiger partial charge in [0.25, 0.3) is 5.69 Å². The predicted molar refractivity (Wildman–Crippen MR) is 90.4 cm³/mol. The first-order chi connectivity index (χ1) is 12.7. The Kier molecular flexibility index (Phi) is 6.40. The maximum absolute atomic E-state index is 12.3. The van der Waals surface area contributed by atoms with Crippen molar-refractivity contribution < 1.29 is 32.8 Å². The molecule has 27 heavy (non-hydrogen) atoms. The van der Waals surface area contributed by atoms with E-state index < -0.39 is 29.4 Å². The molecule has 0 amide bonds. The normalized spacial score (nSPS) is 11.7. The van der Waals surface area contributed by atoms with Gasteiger partial charge in [0.05, 0.1) is 15.5 Å². The van der Waals surface area contributed by atoms with Crippen LogP contribution in [0.15, 0.2) is 42.5 Å². The quantitative estimate of drug-likeness (QED) is 0.298. The number of nitro groups is 1. The van der Waals surface area contributed by atoms with Crippen LogP contribution >= 0.6 is 11.6 Å². The number of carbonyl (C=O) groups excluding carboxylic acids is 2. The van der Waals surface area contributed by atoms with E-state index in [1.54, 1.807) is 0 Å². The Labute approximate surface area is 156 Å². The third kappa shape index (κ3) is 5.20. The molecule has 0 unspecified atom stereocenters. The molecule has 2 rings (SSSR count). The molecule has 0 fully saturated rings. The van der Waals surface area contributed by atoms with E-state index in [1.165, 1.54) is 31.2 Å². The Hall–Kier alpha value is -3.07. The van der Waals surface area contributed by atoms with E-state index in [9.17, 15) is 28.5 Å². The number of alkyl halides is 2. The first-order valence-corrected chi connectivity index (χ1v) is 7.81. The monoisotopic (exact) mass is 399 g/mol. The molecule has 0 saturated carbocycles.